The van der Waals surface area contributed by atoms with Crippen molar-refractivity contribution >= 4 is 23.9 Å². The van der Waals surface area contributed by atoms with Gasteiger partial charge in [-0.2, -0.15) is 0 Å². The van der Waals surface area contributed by atoms with Crippen LogP contribution in [0.15, 0.2) is 48.5 Å². The van der Waals surface area contributed by atoms with Gasteiger partial charge < -0.3 is 20.1 Å². The molecule has 8 heteroatoms. The number of methoxy groups -OCH3 is 1. The van der Waals surface area contributed by atoms with Gasteiger partial charge in [0.1, 0.15) is 0 Å². The van der Waals surface area contributed by atoms with Crippen molar-refractivity contribution in [1.82, 2.24) is 0 Å². The predicted octanol–water partition coefficient (Wildman–Crippen LogP) is 2.25. The Bertz CT molecular complexity index is 760. The Hall–Kier alpha value is -3.68. The first-order valence-corrected chi connectivity index (χ1v) is 6.75. The first-order valence-electron chi connectivity index (χ1n) is 6.75. The molecule has 0 fully saturated rings. The third kappa shape index (κ3) is 5.47. The van der Waals surface area contributed by atoms with E-state index in [-0.39, 0.29) is 22.3 Å². The maximum atomic E-state index is 11.1. The highest BCUT2D eigenvalue weighted by atomic mass is 16.5. The van der Waals surface area contributed by atoms with Crippen molar-refractivity contribution in [3.8, 4) is 0 Å². The molecule has 8 nitrogen and oxygen atoms in total. The van der Waals surface area contributed by atoms with E-state index in [1.807, 2.05) is 0 Å². The molecular weight excluding hydrogens is 332 g/mol. The molecule has 2 aromatic rings. The standard InChI is InChI=1S/C9H8O4.C8H6O4/c1-13-9(12)7-5-3-2-4-6(7)8(10)11;9-7(10)5-1-2-6(4-3-5)8(11)12/h2-5H,1H3,(H,10,11);1-4H,(H,9,10)(H,11,12). The fourth-order valence-electron chi connectivity index (χ4n) is 1.71. The zero-order valence-corrected chi connectivity index (χ0v) is 13.0. The topological polar surface area (TPSA) is 138 Å². The molecule has 0 saturated carbocycles. The summed E-state index contributed by atoms with van der Waals surface area (Å²) < 4.78 is 4.42. The van der Waals surface area contributed by atoms with Crippen LogP contribution in [0.1, 0.15) is 41.4 Å². The average molecular weight is 346 g/mol. The second-order valence-electron chi connectivity index (χ2n) is 4.53. The van der Waals surface area contributed by atoms with Crippen LogP contribution in [0, 0.1) is 0 Å². The van der Waals surface area contributed by atoms with E-state index in [2.05, 4.69) is 4.74 Å². The number of benzene rings is 2. The highest BCUT2D eigenvalue weighted by Crippen LogP contribution is 2.09. The van der Waals surface area contributed by atoms with Crippen molar-refractivity contribution in [3.63, 3.8) is 0 Å². The number of rotatable bonds is 4. The second kappa shape index (κ2) is 8.82. The molecule has 25 heavy (non-hydrogen) atoms. The first kappa shape index (κ1) is 19.4. The summed E-state index contributed by atoms with van der Waals surface area (Å²) in [5.41, 5.74) is 0.187. The smallest absolute Gasteiger partial charge is 0.338 e. The molecule has 0 amide bonds. The van der Waals surface area contributed by atoms with Crippen molar-refractivity contribution in [1.29, 1.82) is 0 Å². The highest BCUT2D eigenvalue weighted by molar-refractivity contribution is 6.02. The molecule has 0 saturated heterocycles. The van der Waals surface area contributed by atoms with E-state index in [0.29, 0.717) is 0 Å². The molecular formula is C17H14O8. The summed E-state index contributed by atoms with van der Waals surface area (Å²) in [5, 5.41) is 25.6. The fourth-order valence-corrected chi connectivity index (χ4v) is 1.71. The largest absolute Gasteiger partial charge is 0.478 e. The SMILES string of the molecule is COC(=O)c1ccccc1C(=O)O.O=C(O)c1ccc(C(=O)O)cc1. The molecule has 2 aromatic carbocycles. The molecule has 0 radical (unpaired) electrons. The molecule has 0 spiro atoms. The van der Waals surface area contributed by atoms with Gasteiger partial charge in [0.15, 0.2) is 0 Å². The van der Waals surface area contributed by atoms with Crippen molar-refractivity contribution in [3.05, 3.63) is 70.8 Å². The van der Waals surface area contributed by atoms with Crippen LogP contribution in [0.25, 0.3) is 0 Å². The Morgan fingerprint density at radius 3 is 1.40 bits per heavy atom. The molecule has 130 valence electrons. The van der Waals surface area contributed by atoms with E-state index in [1.165, 1.54) is 43.5 Å². The summed E-state index contributed by atoms with van der Waals surface area (Å²) in [6.07, 6.45) is 0. The lowest BCUT2D eigenvalue weighted by molar-refractivity contribution is 0.0582. The molecule has 0 aromatic heterocycles. The van der Waals surface area contributed by atoms with Crippen LogP contribution in [0.5, 0.6) is 0 Å². The van der Waals surface area contributed by atoms with Crippen LogP contribution >= 0.6 is 0 Å². The monoisotopic (exact) mass is 346 g/mol. The number of carboxylic acids is 3. The van der Waals surface area contributed by atoms with Crippen LogP contribution in [-0.4, -0.2) is 46.3 Å². The van der Waals surface area contributed by atoms with E-state index in [0.717, 1.165) is 0 Å². The summed E-state index contributed by atoms with van der Waals surface area (Å²) in [7, 11) is 1.21. The van der Waals surface area contributed by atoms with Gasteiger partial charge in [0.25, 0.3) is 0 Å². The molecule has 0 atom stereocenters. The van der Waals surface area contributed by atoms with Crippen LogP contribution in [-0.2, 0) is 4.74 Å². The van der Waals surface area contributed by atoms with E-state index in [1.54, 1.807) is 12.1 Å². The Labute approximate surface area is 141 Å². The molecule has 0 heterocycles. The number of carboxylic acid groups (broad SMARTS) is 3. The molecule has 0 unspecified atom stereocenters. The van der Waals surface area contributed by atoms with Gasteiger partial charge in [-0.25, -0.2) is 19.2 Å². The Kier molecular flexibility index (Phi) is 6.83. The van der Waals surface area contributed by atoms with Gasteiger partial charge >= 0.3 is 23.9 Å². The zero-order chi connectivity index (χ0) is 19.0. The first-order chi connectivity index (χ1) is 11.8. The van der Waals surface area contributed by atoms with Gasteiger partial charge in [0.2, 0.25) is 0 Å². The lowest BCUT2D eigenvalue weighted by atomic mass is 10.1. The minimum Gasteiger partial charge on any atom is -0.478 e. The number of esters is 1. The number of hydrogen-bond donors (Lipinski definition) is 3. The third-order valence-corrected chi connectivity index (χ3v) is 2.94. The van der Waals surface area contributed by atoms with Gasteiger partial charge in [-0.15, -0.1) is 0 Å². The van der Waals surface area contributed by atoms with E-state index < -0.39 is 23.9 Å². The van der Waals surface area contributed by atoms with Crippen LogP contribution < -0.4 is 0 Å². The minimum absolute atomic E-state index is 0.0469. The summed E-state index contributed by atoms with van der Waals surface area (Å²) in [6, 6.07) is 10.9. The summed E-state index contributed by atoms with van der Waals surface area (Å²) >= 11 is 0. The Balaban J connectivity index is 0.000000251. The second-order valence-corrected chi connectivity index (χ2v) is 4.53. The minimum atomic E-state index is -1.14. The number of aromatic carboxylic acids is 3. The molecule has 3 N–H and O–H groups in total. The third-order valence-electron chi connectivity index (χ3n) is 2.94. The van der Waals surface area contributed by atoms with Crippen molar-refractivity contribution in [2.45, 2.75) is 0 Å². The predicted molar refractivity (Wildman–Crippen MR) is 85.1 cm³/mol. The van der Waals surface area contributed by atoms with Crippen LogP contribution in [0.2, 0.25) is 0 Å². The molecule has 0 aliphatic carbocycles. The molecule has 0 bridgehead atoms. The van der Waals surface area contributed by atoms with E-state index in [9.17, 15) is 19.2 Å². The molecule has 0 aliphatic rings. The van der Waals surface area contributed by atoms with Crippen molar-refractivity contribution < 1.29 is 39.2 Å². The highest BCUT2D eigenvalue weighted by Gasteiger charge is 2.15. The number of hydrogen-bond acceptors (Lipinski definition) is 5. The van der Waals surface area contributed by atoms with Gasteiger partial charge in [-0.1, -0.05) is 12.1 Å². The maximum Gasteiger partial charge on any atom is 0.338 e. The summed E-state index contributed by atoms with van der Waals surface area (Å²) in [5.74, 6) is -3.90. The average Bonchev–Trinajstić information content (AvgIpc) is 2.61. The van der Waals surface area contributed by atoms with Crippen molar-refractivity contribution in [2.24, 2.45) is 0 Å². The lowest BCUT2D eigenvalue weighted by Crippen LogP contribution is -2.09. The van der Waals surface area contributed by atoms with Gasteiger partial charge in [-0.3, -0.25) is 0 Å². The summed E-state index contributed by atoms with van der Waals surface area (Å²) in [4.78, 5) is 42.4. The lowest BCUT2D eigenvalue weighted by Gasteiger charge is -2.02. The van der Waals surface area contributed by atoms with Gasteiger partial charge in [0, 0.05) is 0 Å². The van der Waals surface area contributed by atoms with Crippen LogP contribution in [0.4, 0.5) is 0 Å². The van der Waals surface area contributed by atoms with Gasteiger partial charge in [-0.05, 0) is 36.4 Å². The Morgan fingerprint density at radius 1 is 0.680 bits per heavy atom. The molecule has 0 aliphatic heterocycles. The van der Waals surface area contributed by atoms with Crippen molar-refractivity contribution in [2.75, 3.05) is 7.11 Å². The fraction of sp³-hybridized carbons (Fsp3) is 0.0588. The van der Waals surface area contributed by atoms with Crippen LogP contribution in [0.3, 0.4) is 0 Å². The summed E-state index contributed by atoms with van der Waals surface area (Å²) in [6.45, 7) is 0. The number of ether oxygens (including phenoxy) is 1. The van der Waals surface area contributed by atoms with E-state index in [4.69, 9.17) is 15.3 Å². The van der Waals surface area contributed by atoms with Gasteiger partial charge in [0.05, 0.1) is 29.4 Å². The maximum absolute atomic E-state index is 11.1. The number of carbonyl (C=O) groups excluding carboxylic acids is 1. The Morgan fingerprint density at radius 2 is 1.08 bits per heavy atom. The normalized spacial score (nSPS) is 9.32. The zero-order valence-electron chi connectivity index (χ0n) is 13.0. The number of carbonyl (C=O) groups is 4. The quantitative estimate of drug-likeness (QED) is 0.717. The van der Waals surface area contributed by atoms with E-state index >= 15 is 0 Å². The molecule has 2 rings (SSSR count).